The van der Waals surface area contributed by atoms with Gasteiger partial charge in [-0.2, -0.15) is 5.10 Å². The lowest BCUT2D eigenvalue weighted by molar-refractivity contribution is -0.517. The third-order valence-corrected chi connectivity index (χ3v) is 4.92. The second kappa shape index (κ2) is 8.63. The highest BCUT2D eigenvalue weighted by Crippen LogP contribution is 2.27. The Bertz CT molecular complexity index is 987. The van der Waals surface area contributed by atoms with Crippen molar-refractivity contribution in [1.82, 2.24) is 9.78 Å². The van der Waals surface area contributed by atoms with E-state index < -0.39 is 6.04 Å². The van der Waals surface area contributed by atoms with Crippen molar-refractivity contribution in [3.05, 3.63) is 85.6 Å². The van der Waals surface area contributed by atoms with Gasteiger partial charge in [-0.25, -0.2) is 4.68 Å². The molecule has 2 aromatic carbocycles. The molecule has 0 radical (unpaired) electrons. The number of hydrogen-bond donors (Lipinski definition) is 0. The molecule has 6 nitrogen and oxygen atoms in total. The van der Waals surface area contributed by atoms with E-state index in [2.05, 4.69) is 5.10 Å². The minimum Gasteiger partial charge on any atom is -0.497 e. The van der Waals surface area contributed by atoms with E-state index in [1.807, 2.05) is 30.3 Å². The van der Waals surface area contributed by atoms with E-state index in [4.69, 9.17) is 27.9 Å². The summed E-state index contributed by atoms with van der Waals surface area (Å²) in [6.07, 6.45) is 0.823. The van der Waals surface area contributed by atoms with Gasteiger partial charge in [0.25, 0.3) is 0 Å². The number of hydrogen-bond acceptors (Lipinski definition) is 4. The predicted octanol–water partition coefficient (Wildman–Crippen LogP) is 4.99. The number of methoxy groups -OCH3 is 1. The first-order chi connectivity index (χ1) is 13.4. The molecule has 0 aliphatic carbocycles. The molecule has 0 aliphatic heterocycles. The Morgan fingerprint density at radius 1 is 1.18 bits per heavy atom. The van der Waals surface area contributed by atoms with Gasteiger partial charge >= 0.3 is 0 Å². The van der Waals surface area contributed by atoms with Crippen LogP contribution in [0.3, 0.4) is 0 Å². The Labute approximate surface area is 172 Å². The Hall–Kier alpha value is -2.57. The Balaban J connectivity index is 1.99. The maximum Gasteiger partial charge on any atom is 0.215 e. The highest BCUT2D eigenvalue weighted by molar-refractivity contribution is 6.35. The number of nitro groups is 1. The van der Waals surface area contributed by atoms with Gasteiger partial charge < -0.3 is 4.74 Å². The highest BCUT2D eigenvalue weighted by Gasteiger charge is 2.19. The molecule has 0 bridgehead atoms. The summed E-state index contributed by atoms with van der Waals surface area (Å²) < 4.78 is 6.93. The molecule has 0 saturated carbocycles. The molecular weight excluding hydrogens is 401 g/mol. The van der Waals surface area contributed by atoms with E-state index in [1.165, 1.54) is 0 Å². The van der Waals surface area contributed by atoms with E-state index in [9.17, 15) is 10.1 Å². The van der Waals surface area contributed by atoms with Crippen LogP contribution >= 0.6 is 23.2 Å². The lowest BCUT2D eigenvalue weighted by Crippen LogP contribution is -2.18. The molecule has 8 heteroatoms. The minimum atomic E-state index is -0.724. The monoisotopic (exact) mass is 419 g/mol. The number of aromatic nitrogens is 2. The number of benzene rings is 2. The summed E-state index contributed by atoms with van der Waals surface area (Å²) in [4.78, 5) is 10.7. The van der Waals surface area contributed by atoms with Crippen molar-refractivity contribution in [3.63, 3.8) is 0 Å². The number of nitrogens with zero attached hydrogens (tertiary/aromatic N) is 3. The lowest BCUT2D eigenvalue weighted by atomic mass is 10.1. The lowest BCUT2D eigenvalue weighted by Gasteiger charge is -2.10. The summed E-state index contributed by atoms with van der Waals surface area (Å²) in [5, 5.41) is 16.6. The van der Waals surface area contributed by atoms with Gasteiger partial charge in [-0.3, -0.25) is 10.1 Å². The van der Waals surface area contributed by atoms with Crippen LogP contribution in [0.5, 0.6) is 5.75 Å². The molecule has 28 heavy (non-hydrogen) atoms. The van der Waals surface area contributed by atoms with E-state index >= 15 is 0 Å². The average molecular weight is 420 g/mol. The maximum atomic E-state index is 11.0. The SMILES string of the molecule is COc1ccc(Cc2cc(CC(C)[N+](=O)[O-])nn2-c2ccc(Cl)cc2Cl)cc1. The van der Waals surface area contributed by atoms with Gasteiger partial charge in [0, 0.05) is 29.0 Å². The molecule has 146 valence electrons. The smallest absolute Gasteiger partial charge is 0.215 e. The molecule has 0 saturated heterocycles. The van der Waals surface area contributed by atoms with Crippen molar-refractivity contribution in [1.29, 1.82) is 0 Å². The van der Waals surface area contributed by atoms with Crippen molar-refractivity contribution in [2.45, 2.75) is 25.8 Å². The molecule has 0 N–H and O–H groups in total. The molecule has 1 atom stereocenters. The quantitative estimate of drug-likeness (QED) is 0.399. The first kappa shape index (κ1) is 20.2. The molecule has 0 fully saturated rings. The van der Waals surface area contributed by atoms with Crippen LogP contribution in [-0.4, -0.2) is 27.9 Å². The Morgan fingerprint density at radius 3 is 2.50 bits per heavy atom. The summed E-state index contributed by atoms with van der Waals surface area (Å²) in [6, 6.07) is 14.1. The van der Waals surface area contributed by atoms with E-state index in [1.54, 1.807) is 36.9 Å². The summed E-state index contributed by atoms with van der Waals surface area (Å²) in [7, 11) is 1.62. The fourth-order valence-electron chi connectivity index (χ4n) is 2.89. The molecule has 1 heterocycles. The van der Waals surface area contributed by atoms with Crippen molar-refractivity contribution < 1.29 is 9.66 Å². The molecular formula is C20H19Cl2N3O3. The molecule has 3 rings (SSSR count). The van der Waals surface area contributed by atoms with Crippen LogP contribution in [0.25, 0.3) is 5.69 Å². The highest BCUT2D eigenvalue weighted by atomic mass is 35.5. The van der Waals surface area contributed by atoms with Crippen molar-refractivity contribution >= 4 is 23.2 Å². The standard InChI is InChI=1S/C20H19Cl2N3O3/c1-13(25(26)27)9-16-12-17(10-14-3-6-18(28-2)7-4-14)24(23-16)20-8-5-15(21)11-19(20)22/h3-8,11-13H,9-10H2,1-2H3. The zero-order valence-electron chi connectivity index (χ0n) is 15.4. The van der Waals surface area contributed by atoms with Crippen LogP contribution in [0.1, 0.15) is 23.9 Å². The topological polar surface area (TPSA) is 70.2 Å². The summed E-state index contributed by atoms with van der Waals surface area (Å²) in [5.74, 6) is 0.776. The maximum absolute atomic E-state index is 11.0. The molecule has 0 spiro atoms. The van der Waals surface area contributed by atoms with E-state index in [-0.39, 0.29) is 11.3 Å². The van der Waals surface area contributed by atoms with Crippen molar-refractivity contribution in [2.24, 2.45) is 0 Å². The minimum absolute atomic E-state index is 0.237. The fraction of sp³-hybridized carbons (Fsp3) is 0.250. The van der Waals surface area contributed by atoms with Crippen LogP contribution in [-0.2, 0) is 12.8 Å². The first-order valence-electron chi connectivity index (χ1n) is 8.67. The van der Waals surface area contributed by atoms with Crippen molar-refractivity contribution in [3.8, 4) is 11.4 Å². The van der Waals surface area contributed by atoms with Crippen LogP contribution in [0.15, 0.2) is 48.5 Å². The van der Waals surface area contributed by atoms with Crippen LogP contribution in [0, 0.1) is 10.1 Å². The summed E-state index contributed by atoms with van der Waals surface area (Å²) in [6.45, 7) is 1.57. The van der Waals surface area contributed by atoms with Crippen LogP contribution < -0.4 is 4.74 Å². The molecule has 1 unspecified atom stereocenters. The van der Waals surface area contributed by atoms with Crippen LogP contribution in [0.4, 0.5) is 0 Å². The third-order valence-electron chi connectivity index (χ3n) is 4.38. The Morgan fingerprint density at radius 2 is 1.89 bits per heavy atom. The van der Waals surface area contributed by atoms with Gasteiger partial charge in [0.05, 0.1) is 29.9 Å². The van der Waals surface area contributed by atoms with Gasteiger partial charge in [0.2, 0.25) is 6.04 Å². The predicted molar refractivity (Wildman–Crippen MR) is 110 cm³/mol. The first-order valence-corrected chi connectivity index (χ1v) is 9.42. The summed E-state index contributed by atoms with van der Waals surface area (Å²) >= 11 is 12.4. The van der Waals surface area contributed by atoms with Crippen molar-refractivity contribution in [2.75, 3.05) is 7.11 Å². The summed E-state index contributed by atoms with van der Waals surface area (Å²) in [5.41, 5.74) is 3.24. The average Bonchev–Trinajstić information content (AvgIpc) is 3.04. The molecule has 1 aromatic heterocycles. The number of ether oxygens (including phenoxy) is 1. The molecule has 3 aromatic rings. The van der Waals surface area contributed by atoms with Gasteiger partial charge in [0.1, 0.15) is 5.75 Å². The zero-order chi connectivity index (χ0) is 20.3. The number of halogens is 2. The van der Waals surface area contributed by atoms with Gasteiger partial charge in [0.15, 0.2) is 0 Å². The Kier molecular flexibility index (Phi) is 6.21. The second-order valence-corrected chi connectivity index (χ2v) is 7.34. The van der Waals surface area contributed by atoms with E-state index in [0.717, 1.165) is 17.0 Å². The van der Waals surface area contributed by atoms with Gasteiger partial charge in [-0.05, 0) is 42.0 Å². The molecule has 0 amide bonds. The number of rotatable bonds is 7. The zero-order valence-corrected chi connectivity index (χ0v) is 16.9. The third kappa shape index (κ3) is 4.64. The largest absolute Gasteiger partial charge is 0.497 e. The molecule has 0 aliphatic rings. The van der Waals surface area contributed by atoms with Crippen LogP contribution in [0.2, 0.25) is 10.0 Å². The normalized spacial score (nSPS) is 12.0. The van der Waals surface area contributed by atoms with Gasteiger partial charge in [-0.15, -0.1) is 0 Å². The fourth-order valence-corrected chi connectivity index (χ4v) is 3.38. The van der Waals surface area contributed by atoms with E-state index in [0.29, 0.717) is 27.8 Å². The second-order valence-electron chi connectivity index (χ2n) is 6.50. The van der Waals surface area contributed by atoms with Gasteiger partial charge in [-0.1, -0.05) is 35.3 Å².